The Hall–Kier alpha value is -2.12. The fourth-order valence-electron chi connectivity index (χ4n) is 3.94. The van der Waals surface area contributed by atoms with Crippen LogP contribution < -0.4 is 5.48 Å². The minimum Gasteiger partial charge on any atom is -0.363 e. The number of carbonyl (C=O) groups excluding carboxylic acids is 1. The lowest BCUT2D eigenvalue weighted by atomic mass is 9.95. The second-order valence-electron chi connectivity index (χ2n) is 7.78. The summed E-state index contributed by atoms with van der Waals surface area (Å²) in [6.45, 7) is 2.14. The molecule has 0 saturated heterocycles. The molecule has 1 aromatic carbocycles. The van der Waals surface area contributed by atoms with Gasteiger partial charge in [0.15, 0.2) is 14.6 Å². The third kappa shape index (κ3) is 5.95. The molecule has 1 amide bonds. The summed E-state index contributed by atoms with van der Waals surface area (Å²) < 4.78 is 25.2. The number of nitrogens with one attached hydrogen (secondary N) is 2. The maximum Gasteiger partial charge on any atom is 0.270 e. The lowest BCUT2D eigenvalue weighted by Gasteiger charge is -2.30. The van der Waals surface area contributed by atoms with Gasteiger partial charge < -0.3 is 4.98 Å². The molecule has 0 saturated carbocycles. The maximum absolute atomic E-state index is 13.5. The van der Waals surface area contributed by atoms with Crippen LogP contribution in [0, 0.1) is 0 Å². The zero-order valence-electron chi connectivity index (χ0n) is 17.8. The van der Waals surface area contributed by atoms with Crippen LogP contribution in [0.2, 0.25) is 0 Å². The van der Waals surface area contributed by atoms with E-state index in [0.717, 1.165) is 37.7 Å². The van der Waals surface area contributed by atoms with Crippen LogP contribution in [0.15, 0.2) is 48.7 Å². The summed E-state index contributed by atoms with van der Waals surface area (Å²) in [5.74, 6) is -0.985. The van der Waals surface area contributed by atoms with Gasteiger partial charge in [0.25, 0.3) is 5.91 Å². The van der Waals surface area contributed by atoms with Crippen LogP contribution in [0.1, 0.15) is 69.5 Å². The summed E-state index contributed by atoms with van der Waals surface area (Å²) in [6.07, 6.45) is 8.50. The number of hydroxylamine groups is 1. The maximum atomic E-state index is 13.5. The van der Waals surface area contributed by atoms with Gasteiger partial charge in [-0.15, -0.1) is 0 Å². The highest BCUT2D eigenvalue weighted by atomic mass is 32.2. The van der Waals surface area contributed by atoms with Crippen LogP contribution in [0.3, 0.4) is 0 Å². The fourth-order valence-corrected chi connectivity index (χ4v) is 6.12. The van der Waals surface area contributed by atoms with Crippen molar-refractivity contribution in [1.29, 1.82) is 0 Å². The topological polar surface area (TPSA) is 99.3 Å². The number of unbranched alkanes of at least 4 members (excludes halogenated alkanes) is 5. The van der Waals surface area contributed by atoms with E-state index in [1.54, 1.807) is 23.8 Å². The number of rotatable bonds is 14. The van der Waals surface area contributed by atoms with E-state index in [4.69, 9.17) is 0 Å². The van der Waals surface area contributed by atoms with Crippen molar-refractivity contribution in [2.24, 2.45) is 0 Å². The molecule has 2 rings (SSSR count). The Morgan fingerprint density at radius 1 is 1.00 bits per heavy atom. The number of carbonyl (C=O) groups is 1. The van der Waals surface area contributed by atoms with Gasteiger partial charge in [-0.2, -0.15) is 0 Å². The Balaban J connectivity index is 2.21. The number of aryl methyl sites for hydroxylation is 1. The van der Waals surface area contributed by atoms with Gasteiger partial charge >= 0.3 is 0 Å². The van der Waals surface area contributed by atoms with Crippen LogP contribution in [-0.2, 0) is 25.8 Å². The molecule has 3 N–H and O–H groups in total. The number of H-pyrrole nitrogens is 1. The predicted octanol–water partition coefficient (Wildman–Crippen LogP) is 4.51. The van der Waals surface area contributed by atoms with Crippen LogP contribution in [0.4, 0.5) is 0 Å². The number of benzene rings is 1. The third-order valence-corrected chi connectivity index (χ3v) is 8.13. The van der Waals surface area contributed by atoms with Crippen LogP contribution >= 0.6 is 0 Å². The highest BCUT2D eigenvalue weighted by Gasteiger charge is 2.52. The summed E-state index contributed by atoms with van der Waals surface area (Å²) in [5, 5.41) is 9.44. The van der Waals surface area contributed by atoms with Crippen molar-refractivity contribution in [2.75, 3.05) is 5.75 Å². The summed E-state index contributed by atoms with van der Waals surface area (Å²) in [5.41, 5.74) is 3.01. The third-order valence-electron chi connectivity index (χ3n) is 5.64. The van der Waals surface area contributed by atoms with E-state index in [0.29, 0.717) is 25.0 Å². The highest BCUT2D eigenvalue weighted by molar-refractivity contribution is 7.93. The van der Waals surface area contributed by atoms with Crippen molar-refractivity contribution >= 4 is 15.7 Å². The van der Waals surface area contributed by atoms with E-state index in [2.05, 4.69) is 11.9 Å². The summed E-state index contributed by atoms with van der Waals surface area (Å²) >= 11 is 0. The van der Waals surface area contributed by atoms with Gasteiger partial charge in [0.05, 0.1) is 5.75 Å². The first-order valence-electron chi connectivity index (χ1n) is 10.8. The Labute approximate surface area is 180 Å². The standard InChI is InChI=1S/C23H34N2O4S/c1-2-3-4-5-6-10-19-30(28,29)23(22(26)25-27,21-16-12-18-24-21)17-11-15-20-13-8-7-9-14-20/h7-9,12-14,16,18,24,27H,2-6,10-11,15,17,19H2,1H3,(H,25,26). The Morgan fingerprint density at radius 3 is 2.33 bits per heavy atom. The summed E-state index contributed by atoms with van der Waals surface area (Å²) in [4.78, 5) is 15.8. The molecule has 0 bridgehead atoms. The van der Waals surface area contributed by atoms with E-state index in [1.165, 1.54) is 0 Å². The van der Waals surface area contributed by atoms with Gasteiger partial charge in [0.1, 0.15) is 0 Å². The van der Waals surface area contributed by atoms with Crippen LogP contribution in [0.25, 0.3) is 0 Å². The van der Waals surface area contributed by atoms with E-state index >= 15 is 0 Å². The number of aromatic amines is 1. The molecule has 30 heavy (non-hydrogen) atoms. The zero-order valence-corrected chi connectivity index (χ0v) is 18.6. The monoisotopic (exact) mass is 434 g/mol. The number of hydrogen-bond donors (Lipinski definition) is 3. The molecular weight excluding hydrogens is 400 g/mol. The minimum atomic E-state index is -3.87. The molecule has 0 fully saturated rings. The van der Waals surface area contributed by atoms with Gasteiger partial charge in [-0.3, -0.25) is 10.0 Å². The van der Waals surface area contributed by atoms with Crippen molar-refractivity contribution in [1.82, 2.24) is 10.5 Å². The normalized spacial score (nSPS) is 13.7. The van der Waals surface area contributed by atoms with E-state index in [1.807, 2.05) is 30.3 Å². The Bertz CT molecular complexity index is 851. The molecule has 0 aliphatic carbocycles. The van der Waals surface area contributed by atoms with Crippen LogP contribution in [0.5, 0.6) is 0 Å². The van der Waals surface area contributed by atoms with Gasteiger partial charge in [0.2, 0.25) is 0 Å². The molecule has 1 aromatic heterocycles. The zero-order chi connectivity index (χ0) is 21.9. The Kier molecular flexibility index (Phi) is 9.59. The van der Waals surface area contributed by atoms with Crippen molar-refractivity contribution in [3.05, 3.63) is 59.9 Å². The smallest absolute Gasteiger partial charge is 0.270 e. The molecule has 2 aromatic rings. The molecule has 0 aliphatic rings. The van der Waals surface area contributed by atoms with E-state index in [-0.39, 0.29) is 12.2 Å². The predicted molar refractivity (Wildman–Crippen MR) is 119 cm³/mol. The minimum absolute atomic E-state index is 0.0864. The quantitative estimate of drug-likeness (QED) is 0.231. The number of aromatic nitrogens is 1. The van der Waals surface area contributed by atoms with E-state index in [9.17, 15) is 18.4 Å². The van der Waals surface area contributed by atoms with Gasteiger partial charge in [-0.25, -0.2) is 13.9 Å². The lowest BCUT2D eigenvalue weighted by molar-refractivity contribution is -0.132. The number of hydrogen-bond acceptors (Lipinski definition) is 4. The SMILES string of the molecule is CCCCCCCCS(=O)(=O)C(CCCc1ccccc1)(C(=O)NO)c1ccc[nH]1. The van der Waals surface area contributed by atoms with Gasteiger partial charge in [-0.1, -0.05) is 69.4 Å². The molecule has 7 heteroatoms. The van der Waals surface area contributed by atoms with Crippen molar-refractivity contribution in [3.63, 3.8) is 0 Å². The Morgan fingerprint density at radius 2 is 1.70 bits per heavy atom. The average molecular weight is 435 g/mol. The van der Waals surface area contributed by atoms with Gasteiger partial charge in [-0.05, 0) is 43.4 Å². The van der Waals surface area contributed by atoms with Crippen molar-refractivity contribution in [3.8, 4) is 0 Å². The van der Waals surface area contributed by atoms with Crippen LogP contribution in [-0.4, -0.2) is 30.3 Å². The molecule has 6 nitrogen and oxygen atoms in total. The molecule has 0 aliphatic heterocycles. The van der Waals surface area contributed by atoms with Gasteiger partial charge in [0, 0.05) is 11.9 Å². The summed E-state index contributed by atoms with van der Waals surface area (Å²) in [7, 11) is -3.87. The second-order valence-corrected chi connectivity index (χ2v) is 10.1. The summed E-state index contributed by atoms with van der Waals surface area (Å²) in [6, 6.07) is 13.0. The molecule has 1 unspecified atom stereocenters. The first-order valence-corrected chi connectivity index (χ1v) is 12.5. The molecule has 0 radical (unpaired) electrons. The number of sulfone groups is 1. The highest BCUT2D eigenvalue weighted by Crippen LogP contribution is 2.37. The molecule has 0 spiro atoms. The second kappa shape index (κ2) is 11.9. The lowest BCUT2D eigenvalue weighted by Crippen LogP contribution is -2.50. The molecule has 1 atom stereocenters. The fraction of sp³-hybridized carbons (Fsp3) is 0.522. The van der Waals surface area contributed by atoms with E-state index < -0.39 is 20.5 Å². The molecular formula is C23H34N2O4S. The first kappa shape index (κ1) is 24.2. The molecule has 1 heterocycles. The first-order chi connectivity index (χ1) is 14.5. The van der Waals surface area contributed by atoms with Crippen molar-refractivity contribution in [2.45, 2.75) is 69.5 Å². The molecule has 166 valence electrons. The number of amides is 1. The van der Waals surface area contributed by atoms with Crippen molar-refractivity contribution < 1.29 is 18.4 Å². The largest absolute Gasteiger partial charge is 0.363 e. The average Bonchev–Trinajstić information content (AvgIpc) is 3.29.